The largest absolute Gasteiger partial charge is 0.490 e. The van der Waals surface area contributed by atoms with Gasteiger partial charge in [0.25, 0.3) is 0 Å². The van der Waals surface area contributed by atoms with E-state index in [1.807, 2.05) is 12.1 Å². The van der Waals surface area contributed by atoms with Crippen LogP contribution in [-0.4, -0.2) is 30.0 Å². The zero-order valence-electron chi connectivity index (χ0n) is 10.6. The van der Waals surface area contributed by atoms with Gasteiger partial charge in [0.15, 0.2) is 0 Å². The molecule has 0 radical (unpaired) electrons. The summed E-state index contributed by atoms with van der Waals surface area (Å²) < 4.78 is 11.2. The first-order valence-corrected chi connectivity index (χ1v) is 6.79. The van der Waals surface area contributed by atoms with Gasteiger partial charge in [0.2, 0.25) is 0 Å². The highest BCUT2D eigenvalue weighted by Gasteiger charge is 2.39. The Labute approximate surface area is 108 Å². The molecule has 0 bridgehead atoms. The molecule has 2 aliphatic rings. The molecule has 18 heavy (non-hydrogen) atoms. The molecule has 0 amide bonds. The molecule has 1 N–H and O–H groups in total. The van der Waals surface area contributed by atoms with Crippen LogP contribution in [0.2, 0.25) is 0 Å². The lowest BCUT2D eigenvalue weighted by Gasteiger charge is -2.23. The summed E-state index contributed by atoms with van der Waals surface area (Å²) in [5, 5.41) is 9.87. The van der Waals surface area contributed by atoms with Crippen molar-refractivity contribution in [2.24, 2.45) is 0 Å². The minimum absolute atomic E-state index is 0.289. The molecule has 1 saturated carbocycles. The molecule has 1 heterocycles. The molecule has 1 aliphatic heterocycles. The normalized spacial score (nSPS) is 22.7. The van der Waals surface area contributed by atoms with Crippen LogP contribution in [0.3, 0.4) is 0 Å². The first-order valence-electron chi connectivity index (χ1n) is 6.79. The molecule has 98 valence electrons. The molecule has 1 saturated heterocycles. The van der Waals surface area contributed by atoms with E-state index >= 15 is 0 Å². The number of aliphatic hydroxyl groups is 1. The highest BCUT2D eigenvalue weighted by atomic mass is 16.5. The van der Waals surface area contributed by atoms with Crippen molar-refractivity contribution in [2.75, 3.05) is 13.2 Å². The van der Waals surface area contributed by atoms with Crippen molar-refractivity contribution in [3.8, 4) is 5.75 Å². The summed E-state index contributed by atoms with van der Waals surface area (Å²) in [6.07, 6.45) is 4.88. The quantitative estimate of drug-likeness (QED) is 0.888. The summed E-state index contributed by atoms with van der Waals surface area (Å²) in [5.41, 5.74) is 0.776. The van der Waals surface area contributed by atoms with Crippen LogP contribution in [0.5, 0.6) is 5.75 Å². The lowest BCUT2D eigenvalue weighted by molar-refractivity contribution is 0.0255. The van der Waals surface area contributed by atoms with E-state index in [9.17, 15) is 5.11 Å². The van der Waals surface area contributed by atoms with E-state index in [0.717, 1.165) is 51.1 Å². The number of ether oxygens (including phenoxy) is 2. The Hall–Kier alpha value is -1.06. The molecule has 0 aromatic heterocycles. The molecular formula is C15H20O3. The maximum atomic E-state index is 9.87. The van der Waals surface area contributed by atoms with Crippen molar-refractivity contribution >= 4 is 0 Å². The molecule has 3 nitrogen and oxygen atoms in total. The Kier molecular flexibility index (Phi) is 3.27. The second-order valence-electron chi connectivity index (χ2n) is 5.47. The average molecular weight is 248 g/mol. The van der Waals surface area contributed by atoms with Crippen molar-refractivity contribution < 1.29 is 14.6 Å². The van der Waals surface area contributed by atoms with E-state index in [1.54, 1.807) is 0 Å². The molecule has 3 rings (SSSR count). The maximum absolute atomic E-state index is 9.87. The van der Waals surface area contributed by atoms with Crippen molar-refractivity contribution in [2.45, 2.75) is 43.8 Å². The monoisotopic (exact) mass is 248 g/mol. The molecule has 0 spiro atoms. The fourth-order valence-electron chi connectivity index (χ4n) is 2.37. The van der Waals surface area contributed by atoms with Gasteiger partial charge in [-0.1, -0.05) is 12.1 Å². The summed E-state index contributed by atoms with van der Waals surface area (Å²) in [6, 6.07) is 8.14. The molecule has 0 atom stereocenters. The average Bonchev–Trinajstić information content (AvgIpc) is 3.11. The molecule has 2 fully saturated rings. The van der Waals surface area contributed by atoms with Crippen LogP contribution in [-0.2, 0) is 11.2 Å². The van der Waals surface area contributed by atoms with Gasteiger partial charge in [-0.05, 0) is 30.5 Å². The third-order valence-corrected chi connectivity index (χ3v) is 3.75. The molecule has 1 aliphatic carbocycles. The summed E-state index contributed by atoms with van der Waals surface area (Å²) in [6.45, 7) is 1.60. The van der Waals surface area contributed by atoms with Crippen LogP contribution in [0.25, 0.3) is 0 Å². The van der Waals surface area contributed by atoms with E-state index in [2.05, 4.69) is 12.1 Å². The van der Waals surface area contributed by atoms with Gasteiger partial charge in [-0.2, -0.15) is 0 Å². The third kappa shape index (κ3) is 3.03. The van der Waals surface area contributed by atoms with Crippen LogP contribution in [0.15, 0.2) is 24.3 Å². The Morgan fingerprint density at radius 2 is 1.83 bits per heavy atom. The van der Waals surface area contributed by atoms with Crippen molar-refractivity contribution in [1.29, 1.82) is 0 Å². The smallest absolute Gasteiger partial charge is 0.119 e. The van der Waals surface area contributed by atoms with Gasteiger partial charge in [0, 0.05) is 19.3 Å². The first-order chi connectivity index (χ1) is 8.73. The second-order valence-corrected chi connectivity index (χ2v) is 5.47. The predicted octanol–water partition coefficient (Wildman–Crippen LogP) is 2.31. The van der Waals surface area contributed by atoms with Crippen molar-refractivity contribution in [3.63, 3.8) is 0 Å². The van der Waals surface area contributed by atoms with Crippen LogP contribution in [0.4, 0.5) is 0 Å². The summed E-state index contributed by atoms with van der Waals surface area (Å²) in [7, 11) is 0. The summed E-state index contributed by atoms with van der Waals surface area (Å²) >= 11 is 0. The van der Waals surface area contributed by atoms with Gasteiger partial charge in [0.1, 0.15) is 11.9 Å². The Morgan fingerprint density at radius 1 is 1.17 bits per heavy atom. The molecule has 1 aromatic rings. The van der Waals surface area contributed by atoms with E-state index in [-0.39, 0.29) is 6.10 Å². The minimum atomic E-state index is -0.414. The second kappa shape index (κ2) is 4.90. The predicted molar refractivity (Wildman–Crippen MR) is 68.8 cm³/mol. The van der Waals surface area contributed by atoms with E-state index < -0.39 is 5.60 Å². The maximum Gasteiger partial charge on any atom is 0.119 e. The van der Waals surface area contributed by atoms with E-state index in [0.29, 0.717) is 0 Å². The highest BCUT2D eigenvalue weighted by molar-refractivity contribution is 5.29. The number of rotatable bonds is 4. The highest BCUT2D eigenvalue weighted by Crippen LogP contribution is 2.38. The molecular weight excluding hydrogens is 228 g/mol. The van der Waals surface area contributed by atoms with Crippen molar-refractivity contribution in [3.05, 3.63) is 29.8 Å². The SMILES string of the molecule is OC1(Cc2ccc(OC3CCOCC3)cc2)CC1. The Bertz CT molecular complexity index is 389. The van der Waals surface area contributed by atoms with Crippen LogP contribution in [0, 0.1) is 0 Å². The number of benzene rings is 1. The molecule has 0 unspecified atom stereocenters. The lowest BCUT2D eigenvalue weighted by Crippen LogP contribution is -2.25. The number of hydrogen-bond donors (Lipinski definition) is 1. The first kappa shape index (κ1) is 12.0. The summed E-state index contributed by atoms with van der Waals surface area (Å²) in [4.78, 5) is 0. The third-order valence-electron chi connectivity index (χ3n) is 3.75. The van der Waals surface area contributed by atoms with Crippen LogP contribution in [0.1, 0.15) is 31.2 Å². The van der Waals surface area contributed by atoms with Crippen LogP contribution >= 0.6 is 0 Å². The Balaban J connectivity index is 1.56. The van der Waals surface area contributed by atoms with E-state index in [4.69, 9.17) is 9.47 Å². The zero-order chi connectivity index (χ0) is 12.4. The Morgan fingerprint density at radius 3 is 2.44 bits per heavy atom. The lowest BCUT2D eigenvalue weighted by atomic mass is 10.1. The molecule has 1 aromatic carbocycles. The van der Waals surface area contributed by atoms with Crippen LogP contribution < -0.4 is 4.74 Å². The molecule has 3 heteroatoms. The fourth-order valence-corrected chi connectivity index (χ4v) is 2.37. The zero-order valence-corrected chi connectivity index (χ0v) is 10.6. The summed E-state index contributed by atoms with van der Waals surface area (Å²) in [5.74, 6) is 0.924. The topological polar surface area (TPSA) is 38.7 Å². The standard InChI is InChI=1S/C15H20O3/c16-15(7-8-15)11-12-1-3-13(4-2-12)18-14-5-9-17-10-6-14/h1-4,14,16H,5-11H2. The fraction of sp³-hybridized carbons (Fsp3) is 0.600. The minimum Gasteiger partial charge on any atom is -0.490 e. The van der Waals surface area contributed by atoms with Gasteiger partial charge < -0.3 is 14.6 Å². The number of hydrogen-bond acceptors (Lipinski definition) is 3. The van der Waals surface area contributed by atoms with Gasteiger partial charge in [0.05, 0.1) is 18.8 Å². The van der Waals surface area contributed by atoms with Gasteiger partial charge in [-0.15, -0.1) is 0 Å². The van der Waals surface area contributed by atoms with Gasteiger partial charge in [-0.25, -0.2) is 0 Å². The van der Waals surface area contributed by atoms with Crippen molar-refractivity contribution in [1.82, 2.24) is 0 Å². The van der Waals surface area contributed by atoms with Gasteiger partial charge >= 0.3 is 0 Å². The van der Waals surface area contributed by atoms with Gasteiger partial charge in [-0.3, -0.25) is 0 Å². The van der Waals surface area contributed by atoms with E-state index in [1.165, 1.54) is 5.56 Å².